The maximum absolute atomic E-state index is 12.1. The van der Waals surface area contributed by atoms with Crippen molar-refractivity contribution >= 4 is 22.5 Å². The van der Waals surface area contributed by atoms with Gasteiger partial charge in [0.05, 0.1) is 27.1 Å². The molecule has 2 aromatic heterocycles. The molecule has 25 heavy (non-hydrogen) atoms. The molecule has 0 bridgehead atoms. The van der Waals surface area contributed by atoms with E-state index in [4.69, 9.17) is 5.73 Å². The van der Waals surface area contributed by atoms with E-state index in [1.54, 1.807) is 12.3 Å². The second kappa shape index (κ2) is 5.71. The molecule has 0 atom stereocenters. The van der Waals surface area contributed by atoms with Crippen LogP contribution in [0.2, 0.25) is 0 Å². The molecular formula is C16H16N6O3. The Morgan fingerprint density at radius 3 is 3.04 bits per heavy atom. The summed E-state index contributed by atoms with van der Waals surface area (Å²) < 4.78 is 0. The Morgan fingerprint density at radius 1 is 1.40 bits per heavy atom. The van der Waals surface area contributed by atoms with Crippen molar-refractivity contribution in [1.82, 2.24) is 19.9 Å². The van der Waals surface area contributed by atoms with Crippen molar-refractivity contribution in [3.63, 3.8) is 0 Å². The third-order valence-electron chi connectivity index (χ3n) is 4.52. The van der Waals surface area contributed by atoms with Crippen molar-refractivity contribution in [2.24, 2.45) is 0 Å². The predicted octanol–water partition coefficient (Wildman–Crippen LogP) is 1.30. The number of H-pyrrole nitrogens is 2. The summed E-state index contributed by atoms with van der Waals surface area (Å²) in [5, 5.41) is 11.9. The van der Waals surface area contributed by atoms with Gasteiger partial charge in [-0.15, -0.1) is 0 Å². The van der Waals surface area contributed by atoms with Gasteiger partial charge in [0.25, 0.3) is 11.2 Å². The molecule has 9 heteroatoms. The van der Waals surface area contributed by atoms with Crippen LogP contribution >= 0.6 is 0 Å². The van der Waals surface area contributed by atoms with Crippen LogP contribution in [0.4, 0.5) is 11.6 Å². The maximum Gasteiger partial charge on any atom is 0.279 e. The molecule has 4 rings (SSSR count). The van der Waals surface area contributed by atoms with E-state index >= 15 is 0 Å². The van der Waals surface area contributed by atoms with Gasteiger partial charge >= 0.3 is 0 Å². The fourth-order valence-electron chi connectivity index (χ4n) is 3.39. The minimum Gasteiger partial charge on any atom is -0.369 e. The molecule has 0 saturated carbocycles. The van der Waals surface area contributed by atoms with Crippen LogP contribution in [0.25, 0.3) is 10.9 Å². The quantitative estimate of drug-likeness (QED) is 0.486. The first-order valence-corrected chi connectivity index (χ1v) is 7.86. The first-order chi connectivity index (χ1) is 12.0. The van der Waals surface area contributed by atoms with Crippen molar-refractivity contribution in [2.75, 3.05) is 12.3 Å². The Bertz CT molecular complexity index is 1040. The molecule has 0 unspecified atom stereocenters. The number of hydrogen-bond donors (Lipinski definition) is 3. The summed E-state index contributed by atoms with van der Waals surface area (Å²) >= 11 is 0. The van der Waals surface area contributed by atoms with Gasteiger partial charge in [-0.05, 0) is 11.6 Å². The van der Waals surface area contributed by atoms with Crippen molar-refractivity contribution in [2.45, 2.75) is 19.5 Å². The van der Waals surface area contributed by atoms with Gasteiger partial charge in [0, 0.05) is 38.3 Å². The zero-order valence-corrected chi connectivity index (χ0v) is 13.3. The highest BCUT2D eigenvalue weighted by Gasteiger charge is 2.23. The molecule has 9 nitrogen and oxygen atoms in total. The number of nitro benzene ring substituents is 1. The number of aromatic amines is 2. The number of non-ortho nitro benzene ring substituents is 1. The predicted molar refractivity (Wildman–Crippen MR) is 92.0 cm³/mol. The van der Waals surface area contributed by atoms with Crippen molar-refractivity contribution in [3.8, 4) is 0 Å². The molecule has 0 amide bonds. The van der Waals surface area contributed by atoms with Crippen LogP contribution < -0.4 is 11.3 Å². The number of nitrogens with one attached hydrogen (secondary N) is 2. The number of nitrogen functional groups attached to an aromatic ring is 1. The Hall–Kier alpha value is -3.20. The van der Waals surface area contributed by atoms with Crippen molar-refractivity contribution in [3.05, 3.63) is 61.7 Å². The summed E-state index contributed by atoms with van der Waals surface area (Å²) in [5.41, 5.74) is 8.34. The fraction of sp³-hybridized carbons (Fsp3) is 0.250. The Labute approximate surface area is 141 Å². The molecule has 0 radical (unpaired) electrons. The number of hydrogen-bond acceptors (Lipinski definition) is 6. The molecule has 0 saturated heterocycles. The Kier molecular flexibility index (Phi) is 3.50. The lowest BCUT2D eigenvalue weighted by Gasteiger charge is -2.27. The third-order valence-corrected chi connectivity index (χ3v) is 4.52. The zero-order valence-electron chi connectivity index (χ0n) is 13.3. The van der Waals surface area contributed by atoms with Crippen LogP contribution in [0.5, 0.6) is 0 Å². The van der Waals surface area contributed by atoms with Gasteiger partial charge in [0.15, 0.2) is 0 Å². The number of nitrogens with zero attached hydrogens (tertiary/aromatic N) is 3. The molecule has 3 heterocycles. The standard InChI is InChI=1S/C16H16N6O3/c17-16-19-11-4-5-21(8-10(11)15(23)20-16)7-9-6-18-12-2-1-3-13(14(9)12)22(24)25/h1-3,6,18H,4-5,7-8H2,(H3,17,19,20,23). The van der Waals surface area contributed by atoms with Gasteiger partial charge in [-0.25, -0.2) is 4.98 Å². The first kappa shape index (κ1) is 15.3. The fourth-order valence-corrected chi connectivity index (χ4v) is 3.39. The van der Waals surface area contributed by atoms with Gasteiger partial charge in [0.2, 0.25) is 5.95 Å². The van der Waals surface area contributed by atoms with Crippen LogP contribution in [-0.2, 0) is 19.5 Å². The van der Waals surface area contributed by atoms with Crippen LogP contribution in [-0.4, -0.2) is 31.3 Å². The minimum absolute atomic E-state index is 0.0819. The lowest BCUT2D eigenvalue weighted by atomic mass is 10.1. The molecule has 0 spiro atoms. The van der Waals surface area contributed by atoms with Crippen LogP contribution in [0, 0.1) is 10.1 Å². The summed E-state index contributed by atoms with van der Waals surface area (Å²) in [6, 6.07) is 4.98. The monoisotopic (exact) mass is 340 g/mol. The molecule has 1 aromatic carbocycles. The molecule has 4 N–H and O–H groups in total. The Morgan fingerprint density at radius 2 is 2.24 bits per heavy atom. The highest BCUT2D eigenvalue weighted by molar-refractivity contribution is 5.91. The summed E-state index contributed by atoms with van der Waals surface area (Å²) in [7, 11) is 0. The second-order valence-electron chi connectivity index (χ2n) is 6.11. The highest BCUT2D eigenvalue weighted by Crippen LogP contribution is 2.30. The van der Waals surface area contributed by atoms with E-state index < -0.39 is 0 Å². The summed E-state index contributed by atoms with van der Waals surface area (Å²) in [4.78, 5) is 34.9. The molecule has 3 aromatic rings. The SMILES string of the molecule is Nc1nc2c(c(=O)[nH]1)CN(Cc1c[nH]c3cccc([N+](=O)[O-])c13)CC2. The largest absolute Gasteiger partial charge is 0.369 e. The second-order valence-corrected chi connectivity index (χ2v) is 6.11. The number of rotatable bonds is 3. The van der Waals surface area contributed by atoms with Crippen molar-refractivity contribution in [1.29, 1.82) is 0 Å². The van der Waals surface area contributed by atoms with Gasteiger partial charge in [-0.1, -0.05) is 6.07 Å². The third kappa shape index (κ3) is 2.64. The number of fused-ring (bicyclic) bond motifs is 2. The minimum atomic E-state index is -0.372. The van der Waals surface area contributed by atoms with E-state index in [1.807, 2.05) is 6.07 Å². The number of nitrogens with two attached hydrogens (primary N) is 1. The Balaban J connectivity index is 1.67. The molecule has 0 fully saturated rings. The van der Waals surface area contributed by atoms with Gasteiger partial charge in [-0.2, -0.15) is 0 Å². The summed E-state index contributed by atoms with van der Waals surface area (Å²) in [6.45, 7) is 1.65. The van der Waals surface area contributed by atoms with Gasteiger partial charge in [0.1, 0.15) is 0 Å². The van der Waals surface area contributed by atoms with Crippen molar-refractivity contribution < 1.29 is 4.92 Å². The highest BCUT2D eigenvalue weighted by atomic mass is 16.6. The molecule has 1 aliphatic heterocycles. The summed E-state index contributed by atoms with van der Waals surface area (Å²) in [5.74, 6) is 0.129. The average Bonchev–Trinajstić information content (AvgIpc) is 2.98. The molecule has 128 valence electrons. The van der Waals surface area contributed by atoms with E-state index in [-0.39, 0.29) is 22.1 Å². The van der Waals surface area contributed by atoms with E-state index in [0.29, 0.717) is 37.0 Å². The number of anilines is 1. The van der Waals surface area contributed by atoms with E-state index in [9.17, 15) is 14.9 Å². The smallest absolute Gasteiger partial charge is 0.279 e. The lowest BCUT2D eigenvalue weighted by molar-refractivity contribution is -0.383. The number of nitro groups is 1. The molecular weight excluding hydrogens is 324 g/mol. The van der Waals surface area contributed by atoms with E-state index in [1.165, 1.54) is 6.07 Å². The first-order valence-electron chi connectivity index (χ1n) is 7.86. The van der Waals surface area contributed by atoms with Crippen LogP contribution in [0.15, 0.2) is 29.2 Å². The molecule has 1 aliphatic rings. The normalized spacial score (nSPS) is 14.6. The van der Waals surface area contributed by atoms with Gasteiger partial charge in [-0.3, -0.25) is 24.8 Å². The average molecular weight is 340 g/mol. The van der Waals surface area contributed by atoms with Crippen LogP contribution in [0.3, 0.4) is 0 Å². The maximum atomic E-state index is 12.1. The number of benzene rings is 1. The molecule has 0 aliphatic carbocycles. The van der Waals surface area contributed by atoms with Crippen LogP contribution in [0.1, 0.15) is 16.8 Å². The lowest BCUT2D eigenvalue weighted by Crippen LogP contribution is -2.35. The van der Waals surface area contributed by atoms with E-state index in [2.05, 4.69) is 19.9 Å². The number of aromatic nitrogens is 3. The summed E-state index contributed by atoms with van der Waals surface area (Å²) in [6.07, 6.45) is 2.41. The zero-order chi connectivity index (χ0) is 17.6. The van der Waals surface area contributed by atoms with E-state index in [0.717, 1.165) is 16.8 Å². The van der Waals surface area contributed by atoms with Gasteiger partial charge < -0.3 is 10.7 Å². The topological polar surface area (TPSA) is 134 Å².